The Hall–Kier alpha value is -0.250. The van der Waals surface area contributed by atoms with E-state index in [2.05, 4.69) is 6.58 Å². The molecule has 1 fully saturated rings. The Morgan fingerprint density at radius 2 is 1.75 bits per heavy atom. The summed E-state index contributed by atoms with van der Waals surface area (Å²) in [5.41, 5.74) is -0.127. The van der Waals surface area contributed by atoms with Crippen LogP contribution < -0.4 is 0 Å². The third kappa shape index (κ3) is 3.12. The van der Waals surface area contributed by atoms with Gasteiger partial charge in [0.1, 0.15) is 7.85 Å². The molecule has 1 atom stereocenters. The number of hydrogen-bond acceptors (Lipinski definition) is 3. The Balaban J connectivity index is 2.51. The highest BCUT2D eigenvalue weighted by Gasteiger charge is 2.53. The van der Waals surface area contributed by atoms with Crippen LogP contribution in [-0.4, -0.2) is 32.5 Å². The van der Waals surface area contributed by atoms with Crippen molar-refractivity contribution in [1.82, 2.24) is 0 Å². The topological polar surface area (TPSA) is 27.7 Å². The van der Waals surface area contributed by atoms with Gasteiger partial charge >= 0.3 is 7.32 Å². The van der Waals surface area contributed by atoms with Crippen molar-refractivity contribution in [3.8, 4) is 0 Å². The van der Waals surface area contributed by atoms with E-state index in [4.69, 9.17) is 21.8 Å². The molecule has 0 saturated carbocycles. The van der Waals surface area contributed by atoms with Crippen LogP contribution in [0.1, 0.15) is 41.0 Å². The molecule has 1 aliphatic heterocycles. The molecule has 1 heterocycles. The first-order valence-corrected chi connectivity index (χ1v) is 5.58. The summed E-state index contributed by atoms with van der Waals surface area (Å²) in [4.78, 5) is 0. The van der Waals surface area contributed by atoms with Crippen molar-refractivity contribution >= 4 is 15.2 Å². The first-order valence-electron chi connectivity index (χ1n) is 5.58. The van der Waals surface area contributed by atoms with Crippen LogP contribution in [0.3, 0.4) is 0 Å². The van der Waals surface area contributed by atoms with E-state index in [9.17, 15) is 0 Å². The lowest BCUT2D eigenvalue weighted by Gasteiger charge is -2.31. The largest absolute Gasteiger partial charge is 0.640 e. The standard InChI is InChI=1S/C11H20B2O3/c1-8(12)7-9(2)14-13-15-10(3,4)11(5,6)16-13/h9H,1,7H2,2-6H3. The van der Waals surface area contributed by atoms with Gasteiger partial charge in [-0.3, -0.25) is 0 Å². The van der Waals surface area contributed by atoms with E-state index >= 15 is 0 Å². The summed E-state index contributed by atoms with van der Waals surface area (Å²) in [6, 6.07) is 0. The predicted octanol–water partition coefficient (Wildman–Crippen LogP) is 2.05. The van der Waals surface area contributed by atoms with E-state index in [1.165, 1.54) is 0 Å². The molecule has 0 aromatic heterocycles. The SMILES string of the molecule is [B]C(=C)CC(C)OB1OC(C)(C)C(C)(C)O1. The fraction of sp³-hybridized carbons (Fsp3) is 0.818. The lowest BCUT2D eigenvalue weighted by atomic mass is 9.90. The lowest BCUT2D eigenvalue weighted by molar-refractivity contribution is 0.00578. The van der Waals surface area contributed by atoms with Gasteiger partial charge in [-0.05, 0) is 41.0 Å². The van der Waals surface area contributed by atoms with E-state index < -0.39 is 7.32 Å². The summed E-state index contributed by atoms with van der Waals surface area (Å²) in [6.07, 6.45) is 0.538. The molecule has 1 rings (SSSR count). The highest BCUT2D eigenvalue weighted by atomic mass is 16.8. The first kappa shape index (κ1) is 13.8. The van der Waals surface area contributed by atoms with Crippen molar-refractivity contribution in [2.45, 2.75) is 58.3 Å². The quantitative estimate of drug-likeness (QED) is 0.681. The van der Waals surface area contributed by atoms with Crippen molar-refractivity contribution < 1.29 is 14.0 Å². The van der Waals surface area contributed by atoms with Gasteiger partial charge in [0.25, 0.3) is 0 Å². The molecule has 0 spiro atoms. The van der Waals surface area contributed by atoms with Gasteiger partial charge < -0.3 is 14.0 Å². The molecular weight excluding hydrogens is 202 g/mol. The molecule has 16 heavy (non-hydrogen) atoms. The molecule has 1 aliphatic rings. The van der Waals surface area contributed by atoms with Crippen LogP contribution in [0.5, 0.6) is 0 Å². The number of rotatable bonds is 4. The Bertz CT molecular complexity index is 260. The van der Waals surface area contributed by atoms with Gasteiger partial charge in [0.15, 0.2) is 0 Å². The van der Waals surface area contributed by atoms with Crippen LogP contribution in [0.25, 0.3) is 0 Å². The Morgan fingerprint density at radius 1 is 1.31 bits per heavy atom. The van der Waals surface area contributed by atoms with Crippen LogP contribution in [-0.2, 0) is 14.0 Å². The molecule has 2 radical (unpaired) electrons. The molecule has 1 saturated heterocycles. The summed E-state index contributed by atoms with van der Waals surface area (Å²) in [7, 11) is 4.89. The molecule has 1 unspecified atom stereocenters. The Morgan fingerprint density at radius 3 is 2.12 bits per heavy atom. The van der Waals surface area contributed by atoms with Crippen molar-refractivity contribution in [2.75, 3.05) is 0 Å². The van der Waals surface area contributed by atoms with Gasteiger partial charge in [-0.1, -0.05) is 0 Å². The van der Waals surface area contributed by atoms with Crippen molar-refractivity contribution in [2.24, 2.45) is 0 Å². The van der Waals surface area contributed by atoms with Crippen LogP contribution in [0, 0.1) is 0 Å². The second-order valence-electron chi connectivity index (χ2n) is 5.35. The van der Waals surface area contributed by atoms with Gasteiger partial charge in [0.05, 0.1) is 11.2 Å². The van der Waals surface area contributed by atoms with Crippen molar-refractivity contribution in [3.05, 3.63) is 12.1 Å². The maximum absolute atomic E-state index is 5.70. The summed E-state index contributed by atoms with van der Waals surface area (Å²) in [5.74, 6) is 0. The highest BCUT2D eigenvalue weighted by molar-refractivity contribution is 6.37. The van der Waals surface area contributed by atoms with Crippen LogP contribution in [0.2, 0.25) is 0 Å². The van der Waals surface area contributed by atoms with Crippen LogP contribution in [0.15, 0.2) is 12.1 Å². The Kier molecular flexibility index (Phi) is 3.93. The number of hydrogen-bond donors (Lipinski definition) is 0. The normalized spacial score (nSPS) is 24.4. The summed E-state index contributed by atoms with van der Waals surface area (Å²) < 4.78 is 17.0. The van der Waals surface area contributed by atoms with Gasteiger partial charge in [0, 0.05) is 6.10 Å². The zero-order valence-corrected chi connectivity index (χ0v) is 10.9. The van der Waals surface area contributed by atoms with E-state index in [0.29, 0.717) is 11.9 Å². The lowest BCUT2D eigenvalue weighted by Crippen LogP contribution is -2.41. The average Bonchev–Trinajstić information content (AvgIpc) is 2.16. The minimum absolute atomic E-state index is 0.0628. The van der Waals surface area contributed by atoms with Crippen LogP contribution in [0.4, 0.5) is 0 Å². The van der Waals surface area contributed by atoms with E-state index in [1.54, 1.807) is 0 Å². The van der Waals surface area contributed by atoms with Gasteiger partial charge in [-0.25, -0.2) is 0 Å². The molecule has 3 nitrogen and oxygen atoms in total. The first-order chi connectivity index (χ1) is 7.14. The summed E-state index contributed by atoms with van der Waals surface area (Å²) in [6.45, 7) is 13.5. The molecule has 0 aromatic carbocycles. The minimum Gasteiger partial charge on any atom is -0.383 e. The average molecular weight is 222 g/mol. The van der Waals surface area contributed by atoms with Crippen molar-refractivity contribution in [3.63, 3.8) is 0 Å². The second kappa shape index (κ2) is 4.55. The maximum Gasteiger partial charge on any atom is 0.640 e. The third-order valence-electron chi connectivity index (χ3n) is 3.12. The monoisotopic (exact) mass is 222 g/mol. The van der Waals surface area contributed by atoms with E-state index in [1.807, 2.05) is 34.6 Å². The molecule has 0 aromatic rings. The predicted molar refractivity (Wildman–Crippen MR) is 66.1 cm³/mol. The fourth-order valence-electron chi connectivity index (χ4n) is 1.45. The van der Waals surface area contributed by atoms with Gasteiger partial charge in [0.2, 0.25) is 0 Å². The van der Waals surface area contributed by atoms with E-state index in [-0.39, 0.29) is 17.3 Å². The molecular formula is C11H20B2O3. The zero-order valence-electron chi connectivity index (χ0n) is 10.9. The smallest absolute Gasteiger partial charge is 0.383 e. The zero-order chi connectivity index (χ0) is 12.6. The molecule has 0 N–H and O–H groups in total. The second-order valence-corrected chi connectivity index (χ2v) is 5.35. The molecule has 0 aliphatic carbocycles. The highest BCUT2D eigenvalue weighted by Crippen LogP contribution is 2.37. The Labute approximate surface area is 100 Å². The molecule has 88 valence electrons. The maximum atomic E-state index is 5.70. The van der Waals surface area contributed by atoms with Gasteiger partial charge in [-0.2, -0.15) is 0 Å². The third-order valence-corrected chi connectivity index (χ3v) is 3.12. The summed E-state index contributed by atoms with van der Waals surface area (Å²) >= 11 is 0. The van der Waals surface area contributed by atoms with Gasteiger partial charge in [-0.15, -0.1) is 12.1 Å². The minimum atomic E-state index is -0.626. The molecule has 0 amide bonds. The van der Waals surface area contributed by atoms with Crippen molar-refractivity contribution in [1.29, 1.82) is 0 Å². The van der Waals surface area contributed by atoms with Crippen LogP contribution >= 0.6 is 0 Å². The molecule has 5 heteroatoms. The molecule has 0 bridgehead atoms. The van der Waals surface area contributed by atoms with E-state index in [0.717, 1.165) is 0 Å². The summed E-state index contributed by atoms with van der Waals surface area (Å²) in [5, 5.41) is 0. The fourth-order valence-corrected chi connectivity index (χ4v) is 1.45.